The fourth-order valence-electron chi connectivity index (χ4n) is 3.27. The van der Waals surface area contributed by atoms with E-state index >= 15 is 0 Å². The molecule has 1 fully saturated rings. The molecule has 3 heterocycles. The second-order valence-electron chi connectivity index (χ2n) is 6.55. The third kappa shape index (κ3) is 2.92. The van der Waals surface area contributed by atoms with Crippen LogP contribution in [0.2, 0.25) is 5.02 Å². The van der Waals surface area contributed by atoms with Crippen molar-refractivity contribution in [3.05, 3.63) is 47.0 Å². The molecular formula is C19H17ClN4S2. The number of hydrogen-bond acceptors (Lipinski definition) is 6. The molecule has 1 aliphatic rings. The monoisotopic (exact) mass is 400 g/mol. The molecule has 2 aromatic carbocycles. The molecule has 5 rings (SSSR count). The zero-order chi connectivity index (χ0) is 17.7. The maximum Gasteiger partial charge on any atom is 0.186 e. The number of rotatable bonds is 2. The molecule has 0 N–H and O–H groups in total. The average Bonchev–Trinajstić information content (AvgIpc) is 3.25. The Balaban J connectivity index is 1.34. The number of anilines is 2. The number of nitrogens with zero attached hydrogens (tertiary/aromatic N) is 4. The highest BCUT2D eigenvalue weighted by Gasteiger charge is 2.22. The van der Waals surface area contributed by atoms with E-state index in [1.165, 1.54) is 10.3 Å². The highest BCUT2D eigenvalue weighted by molar-refractivity contribution is 7.22. The Kier molecular flexibility index (Phi) is 3.99. The van der Waals surface area contributed by atoms with Crippen LogP contribution in [-0.4, -0.2) is 36.1 Å². The van der Waals surface area contributed by atoms with Gasteiger partial charge < -0.3 is 9.80 Å². The Morgan fingerprint density at radius 1 is 0.808 bits per heavy atom. The van der Waals surface area contributed by atoms with Crippen molar-refractivity contribution < 1.29 is 0 Å². The van der Waals surface area contributed by atoms with Gasteiger partial charge in [0.15, 0.2) is 10.3 Å². The SMILES string of the molecule is Cc1ccc2nc(N3CCN(c4nc5ccc(Cl)cc5s4)CC3)sc2c1. The predicted molar refractivity (Wildman–Crippen MR) is 113 cm³/mol. The van der Waals surface area contributed by atoms with Crippen LogP contribution in [0.25, 0.3) is 20.4 Å². The number of piperazine rings is 1. The summed E-state index contributed by atoms with van der Waals surface area (Å²) >= 11 is 9.60. The lowest BCUT2D eigenvalue weighted by molar-refractivity contribution is 0.651. The summed E-state index contributed by atoms with van der Waals surface area (Å²) in [6.07, 6.45) is 0. The molecule has 1 aliphatic heterocycles. The first kappa shape index (κ1) is 16.3. The molecule has 0 amide bonds. The molecule has 4 nitrogen and oxygen atoms in total. The van der Waals surface area contributed by atoms with Gasteiger partial charge in [0, 0.05) is 31.2 Å². The highest BCUT2D eigenvalue weighted by atomic mass is 35.5. The molecule has 0 saturated carbocycles. The van der Waals surface area contributed by atoms with E-state index < -0.39 is 0 Å². The molecule has 7 heteroatoms. The van der Waals surface area contributed by atoms with Crippen molar-refractivity contribution in [2.45, 2.75) is 6.92 Å². The number of halogens is 1. The van der Waals surface area contributed by atoms with E-state index in [-0.39, 0.29) is 0 Å². The van der Waals surface area contributed by atoms with E-state index in [4.69, 9.17) is 21.6 Å². The van der Waals surface area contributed by atoms with Crippen molar-refractivity contribution >= 4 is 65.0 Å². The van der Waals surface area contributed by atoms with Gasteiger partial charge in [-0.2, -0.15) is 0 Å². The minimum Gasteiger partial charge on any atom is -0.345 e. The Labute approximate surface area is 164 Å². The van der Waals surface area contributed by atoms with Gasteiger partial charge >= 0.3 is 0 Å². The lowest BCUT2D eigenvalue weighted by Gasteiger charge is -2.34. The van der Waals surface area contributed by atoms with Gasteiger partial charge in [-0.3, -0.25) is 0 Å². The van der Waals surface area contributed by atoms with Gasteiger partial charge in [0.25, 0.3) is 0 Å². The summed E-state index contributed by atoms with van der Waals surface area (Å²) in [5.74, 6) is 0. The molecule has 4 aromatic rings. The predicted octanol–water partition coefficient (Wildman–Crippen LogP) is 5.19. The number of aryl methyl sites for hydroxylation is 1. The molecule has 2 aromatic heterocycles. The first-order valence-corrected chi connectivity index (χ1v) is 10.6. The Bertz CT molecular complexity index is 1010. The van der Waals surface area contributed by atoms with E-state index in [0.717, 1.165) is 57.2 Å². The van der Waals surface area contributed by atoms with E-state index in [0.29, 0.717) is 0 Å². The molecule has 0 spiro atoms. The van der Waals surface area contributed by atoms with Crippen LogP contribution >= 0.6 is 34.3 Å². The van der Waals surface area contributed by atoms with Gasteiger partial charge in [0.2, 0.25) is 0 Å². The van der Waals surface area contributed by atoms with Crippen molar-refractivity contribution in [3.63, 3.8) is 0 Å². The van der Waals surface area contributed by atoms with Gasteiger partial charge in [0.1, 0.15) is 0 Å². The molecule has 0 aliphatic carbocycles. The fraction of sp³-hybridized carbons (Fsp3) is 0.263. The van der Waals surface area contributed by atoms with Crippen LogP contribution < -0.4 is 9.80 Å². The lowest BCUT2D eigenvalue weighted by Crippen LogP contribution is -2.46. The van der Waals surface area contributed by atoms with Gasteiger partial charge in [-0.05, 0) is 42.8 Å². The first-order chi connectivity index (χ1) is 12.7. The summed E-state index contributed by atoms with van der Waals surface area (Å²) in [6.45, 7) is 5.98. The van der Waals surface area contributed by atoms with Crippen molar-refractivity contribution in [1.29, 1.82) is 0 Å². The van der Waals surface area contributed by atoms with Crippen LogP contribution in [0.5, 0.6) is 0 Å². The Hall–Kier alpha value is -1.89. The maximum atomic E-state index is 6.10. The topological polar surface area (TPSA) is 32.3 Å². The number of hydrogen-bond donors (Lipinski definition) is 0. The summed E-state index contributed by atoms with van der Waals surface area (Å²) in [7, 11) is 0. The van der Waals surface area contributed by atoms with Crippen LogP contribution in [0.15, 0.2) is 36.4 Å². The van der Waals surface area contributed by atoms with Crippen LogP contribution in [-0.2, 0) is 0 Å². The summed E-state index contributed by atoms with van der Waals surface area (Å²) in [4.78, 5) is 14.3. The fourth-order valence-corrected chi connectivity index (χ4v) is 5.67. The molecule has 0 radical (unpaired) electrons. The van der Waals surface area contributed by atoms with Gasteiger partial charge in [-0.1, -0.05) is 40.3 Å². The number of benzene rings is 2. The average molecular weight is 401 g/mol. The quantitative estimate of drug-likeness (QED) is 0.463. The Morgan fingerprint density at radius 3 is 1.96 bits per heavy atom. The third-order valence-electron chi connectivity index (χ3n) is 4.69. The van der Waals surface area contributed by atoms with E-state index in [9.17, 15) is 0 Å². The van der Waals surface area contributed by atoms with Crippen molar-refractivity contribution in [2.24, 2.45) is 0 Å². The molecule has 0 unspecified atom stereocenters. The molecular weight excluding hydrogens is 384 g/mol. The van der Waals surface area contributed by atoms with Crippen LogP contribution in [0, 0.1) is 6.92 Å². The number of fused-ring (bicyclic) bond motifs is 2. The molecule has 132 valence electrons. The van der Waals surface area contributed by atoms with Crippen LogP contribution in [0.1, 0.15) is 5.56 Å². The minimum absolute atomic E-state index is 0.767. The first-order valence-electron chi connectivity index (χ1n) is 8.59. The molecule has 26 heavy (non-hydrogen) atoms. The zero-order valence-corrected chi connectivity index (χ0v) is 16.7. The van der Waals surface area contributed by atoms with Gasteiger partial charge in [-0.15, -0.1) is 0 Å². The van der Waals surface area contributed by atoms with E-state index in [1.54, 1.807) is 22.7 Å². The molecule has 0 bridgehead atoms. The summed E-state index contributed by atoms with van der Waals surface area (Å²) in [6, 6.07) is 12.4. The number of thiazole rings is 2. The second-order valence-corrected chi connectivity index (χ2v) is 9.00. The highest BCUT2D eigenvalue weighted by Crippen LogP contribution is 2.33. The van der Waals surface area contributed by atoms with Crippen LogP contribution in [0.3, 0.4) is 0 Å². The number of aromatic nitrogens is 2. The largest absolute Gasteiger partial charge is 0.345 e. The van der Waals surface area contributed by atoms with Crippen LogP contribution in [0.4, 0.5) is 10.3 Å². The van der Waals surface area contributed by atoms with Gasteiger partial charge in [0.05, 0.1) is 20.4 Å². The standard InChI is InChI=1S/C19H17ClN4S2/c1-12-2-4-14-16(10-12)25-18(21-14)23-6-8-24(9-7-23)19-22-15-5-3-13(20)11-17(15)26-19/h2-5,10-11H,6-9H2,1H3. The van der Waals surface area contributed by atoms with Crippen molar-refractivity contribution in [2.75, 3.05) is 36.0 Å². The Morgan fingerprint density at radius 2 is 1.35 bits per heavy atom. The summed E-state index contributed by atoms with van der Waals surface area (Å²) < 4.78 is 2.42. The van der Waals surface area contributed by atoms with E-state index in [2.05, 4.69) is 34.9 Å². The lowest BCUT2D eigenvalue weighted by atomic mass is 10.2. The minimum atomic E-state index is 0.767. The van der Waals surface area contributed by atoms with Gasteiger partial charge in [-0.25, -0.2) is 9.97 Å². The van der Waals surface area contributed by atoms with Crippen molar-refractivity contribution in [1.82, 2.24) is 9.97 Å². The molecule has 0 atom stereocenters. The van der Waals surface area contributed by atoms with Crippen molar-refractivity contribution in [3.8, 4) is 0 Å². The maximum absolute atomic E-state index is 6.10. The smallest absolute Gasteiger partial charge is 0.186 e. The third-order valence-corrected chi connectivity index (χ3v) is 7.09. The normalized spacial score (nSPS) is 15.3. The summed E-state index contributed by atoms with van der Waals surface area (Å²) in [5, 5.41) is 2.98. The van der Waals surface area contributed by atoms with E-state index in [1.807, 2.05) is 18.2 Å². The second kappa shape index (κ2) is 6.37. The zero-order valence-electron chi connectivity index (χ0n) is 14.3. The molecule has 1 saturated heterocycles. The summed E-state index contributed by atoms with van der Waals surface area (Å²) in [5.41, 5.74) is 3.41.